The van der Waals surface area contributed by atoms with Gasteiger partial charge in [-0.1, -0.05) is 42.1 Å². The van der Waals surface area contributed by atoms with Crippen LogP contribution in [0.15, 0.2) is 66.9 Å². The van der Waals surface area contributed by atoms with Gasteiger partial charge in [0.1, 0.15) is 5.82 Å². The Balaban J connectivity index is 0.000000830. The van der Waals surface area contributed by atoms with Crippen LogP contribution < -0.4 is 5.32 Å². The lowest BCUT2D eigenvalue weighted by atomic mass is 10.1. The highest BCUT2D eigenvalue weighted by atomic mass is 35.5. The molecule has 0 spiro atoms. The number of sulfonamides is 1. The Kier molecular flexibility index (Phi) is 11.2. The van der Waals surface area contributed by atoms with Crippen molar-refractivity contribution >= 4 is 33.3 Å². The largest absolute Gasteiger partial charge is 0.325 e. The highest BCUT2D eigenvalue weighted by molar-refractivity contribution is 7.89. The standard InChI is InChI=1S/C21H26ClFN4O3S.C5H4/c1-3-11-31(29,30)27-9-7-18(8-10-27)26(2)21(28)25-17-13-19(22)20(24-14-17)15-5-4-6-16(23)12-15;1-3-5-4-2/h4-6,12-14,18H,3,7-11H2,1-2H3,(H,25,28);1-2H2. The number of hydrogen-bond donors (Lipinski definition) is 1. The van der Waals surface area contributed by atoms with Crippen LogP contribution in [-0.4, -0.2) is 60.6 Å². The second-order valence-corrected chi connectivity index (χ2v) is 10.5. The van der Waals surface area contributed by atoms with E-state index in [1.54, 1.807) is 30.1 Å². The molecule has 0 bridgehead atoms. The van der Waals surface area contributed by atoms with Gasteiger partial charge < -0.3 is 10.2 Å². The lowest BCUT2D eigenvalue weighted by Gasteiger charge is -2.36. The number of rotatable bonds is 6. The third-order valence-corrected chi connectivity index (χ3v) is 7.88. The molecule has 0 unspecified atom stereocenters. The van der Waals surface area contributed by atoms with Gasteiger partial charge in [-0.05, 0) is 56.4 Å². The maximum absolute atomic E-state index is 13.5. The molecule has 7 nitrogen and oxygen atoms in total. The zero-order valence-corrected chi connectivity index (χ0v) is 22.0. The summed E-state index contributed by atoms with van der Waals surface area (Å²) in [7, 11) is -1.53. The molecule has 0 aliphatic carbocycles. The van der Waals surface area contributed by atoms with Crippen molar-refractivity contribution < 1.29 is 17.6 Å². The number of carbonyl (C=O) groups is 1. The molecule has 1 fully saturated rings. The van der Waals surface area contributed by atoms with Gasteiger partial charge in [0.2, 0.25) is 10.0 Å². The maximum atomic E-state index is 13.5. The molecule has 10 heteroatoms. The first-order chi connectivity index (χ1) is 17.1. The maximum Gasteiger partial charge on any atom is 0.321 e. The average Bonchev–Trinajstić information content (AvgIpc) is 2.84. The normalized spacial score (nSPS) is 13.9. The Labute approximate surface area is 217 Å². The predicted octanol–water partition coefficient (Wildman–Crippen LogP) is 5.48. The second-order valence-electron chi connectivity index (χ2n) is 8.03. The van der Waals surface area contributed by atoms with E-state index in [1.807, 2.05) is 6.92 Å². The number of aromatic nitrogens is 1. The van der Waals surface area contributed by atoms with Gasteiger partial charge in [0.25, 0.3) is 0 Å². The summed E-state index contributed by atoms with van der Waals surface area (Å²) in [5, 5.41) is 3.06. The van der Waals surface area contributed by atoms with Crippen molar-refractivity contribution in [2.45, 2.75) is 32.2 Å². The van der Waals surface area contributed by atoms with Crippen molar-refractivity contribution in [2.75, 3.05) is 31.2 Å². The van der Waals surface area contributed by atoms with E-state index in [-0.39, 0.29) is 23.6 Å². The quantitative estimate of drug-likeness (QED) is 0.500. The molecule has 1 aromatic heterocycles. The van der Waals surface area contributed by atoms with Gasteiger partial charge in [0.05, 0.1) is 28.4 Å². The number of nitrogens with one attached hydrogen (secondary N) is 1. The summed E-state index contributed by atoms with van der Waals surface area (Å²) in [6.45, 7) is 9.07. The minimum atomic E-state index is -3.22. The molecular weight excluding hydrogens is 503 g/mol. The minimum Gasteiger partial charge on any atom is -0.325 e. The van der Waals surface area contributed by atoms with E-state index >= 15 is 0 Å². The summed E-state index contributed by atoms with van der Waals surface area (Å²) >= 11 is 6.30. The van der Waals surface area contributed by atoms with E-state index in [4.69, 9.17) is 11.6 Å². The Morgan fingerprint density at radius 2 is 1.94 bits per heavy atom. The number of urea groups is 1. The Morgan fingerprint density at radius 1 is 1.28 bits per heavy atom. The molecule has 1 N–H and O–H groups in total. The van der Waals surface area contributed by atoms with Crippen LogP contribution in [0.1, 0.15) is 26.2 Å². The molecule has 3 rings (SSSR count). The number of nitrogens with zero attached hydrogens (tertiary/aromatic N) is 3. The van der Waals surface area contributed by atoms with Gasteiger partial charge in [0, 0.05) is 31.7 Å². The van der Waals surface area contributed by atoms with Crippen molar-refractivity contribution in [3.05, 3.63) is 77.7 Å². The van der Waals surface area contributed by atoms with Gasteiger partial charge in [0.15, 0.2) is 0 Å². The van der Waals surface area contributed by atoms with Crippen molar-refractivity contribution in [3.63, 3.8) is 0 Å². The lowest BCUT2D eigenvalue weighted by Crippen LogP contribution is -2.48. The van der Waals surface area contributed by atoms with Gasteiger partial charge in [-0.25, -0.2) is 21.9 Å². The summed E-state index contributed by atoms with van der Waals surface area (Å²) in [5.74, 6) is -0.240. The monoisotopic (exact) mass is 532 g/mol. The SMILES string of the molecule is C=C=C=C=C.CCCS(=O)(=O)N1CCC(N(C)C(=O)Nc2cnc(-c3cccc(F)c3)c(Cl)c2)CC1. The molecule has 2 heterocycles. The molecule has 36 heavy (non-hydrogen) atoms. The molecular formula is C26H30ClFN4O3S. The van der Waals surface area contributed by atoms with Gasteiger partial charge in [-0.3, -0.25) is 4.98 Å². The third-order valence-electron chi connectivity index (χ3n) is 5.51. The molecule has 1 aromatic carbocycles. The molecule has 1 aliphatic rings. The van der Waals surface area contributed by atoms with Crippen LogP contribution in [0.5, 0.6) is 0 Å². The fourth-order valence-corrected chi connectivity index (χ4v) is 5.51. The number of anilines is 1. The lowest BCUT2D eigenvalue weighted by molar-refractivity contribution is 0.174. The summed E-state index contributed by atoms with van der Waals surface area (Å²) in [6, 6.07) is 7.14. The molecule has 0 radical (unpaired) electrons. The number of hydrogen-bond acceptors (Lipinski definition) is 4. The molecule has 0 atom stereocenters. The average molecular weight is 533 g/mol. The zero-order chi connectivity index (χ0) is 26.7. The predicted molar refractivity (Wildman–Crippen MR) is 142 cm³/mol. The van der Waals surface area contributed by atoms with E-state index in [1.165, 1.54) is 22.6 Å². The molecule has 1 aliphatic heterocycles. The number of carbonyl (C=O) groups excluding carboxylic acids is 1. The van der Waals surface area contributed by atoms with Crippen molar-refractivity contribution in [1.82, 2.24) is 14.2 Å². The summed E-state index contributed by atoms with van der Waals surface area (Å²) in [5.41, 5.74) is 8.47. The first-order valence-corrected chi connectivity index (χ1v) is 13.3. The smallest absolute Gasteiger partial charge is 0.321 e. The van der Waals surface area contributed by atoms with Crippen LogP contribution in [0.2, 0.25) is 5.02 Å². The van der Waals surface area contributed by atoms with Crippen LogP contribution in [0.25, 0.3) is 11.3 Å². The van der Waals surface area contributed by atoms with Crippen LogP contribution in [-0.2, 0) is 10.0 Å². The highest BCUT2D eigenvalue weighted by Crippen LogP contribution is 2.28. The summed E-state index contributed by atoms with van der Waals surface area (Å²) in [4.78, 5) is 18.5. The van der Waals surface area contributed by atoms with Crippen LogP contribution in [0.3, 0.4) is 0 Å². The fourth-order valence-electron chi connectivity index (χ4n) is 3.69. The topological polar surface area (TPSA) is 82.6 Å². The van der Waals surface area contributed by atoms with E-state index < -0.39 is 10.0 Å². The third kappa shape index (κ3) is 8.21. The van der Waals surface area contributed by atoms with Crippen LogP contribution in [0.4, 0.5) is 14.9 Å². The Bertz CT molecular complexity index is 1260. The number of amides is 2. The van der Waals surface area contributed by atoms with E-state index in [0.717, 1.165) is 0 Å². The first-order valence-electron chi connectivity index (χ1n) is 11.3. The number of halogens is 2. The van der Waals surface area contributed by atoms with E-state index in [9.17, 15) is 17.6 Å². The minimum absolute atomic E-state index is 0.0666. The molecule has 192 valence electrons. The molecule has 1 saturated heterocycles. The van der Waals surface area contributed by atoms with Crippen molar-refractivity contribution in [3.8, 4) is 11.3 Å². The summed E-state index contributed by atoms with van der Waals surface area (Å²) < 4.78 is 39.4. The van der Waals surface area contributed by atoms with Crippen LogP contribution in [0, 0.1) is 5.82 Å². The van der Waals surface area contributed by atoms with Gasteiger partial charge in [-0.15, -0.1) is 0 Å². The second kappa shape index (κ2) is 13.8. The van der Waals surface area contributed by atoms with Crippen LogP contribution >= 0.6 is 11.6 Å². The van der Waals surface area contributed by atoms with Crippen molar-refractivity contribution in [1.29, 1.82) is 0 Å². The van der Waals surface area contributed by atoms with E-state index in [2.05, 4.69) is 40.7 Å². The summed E-state index contributed by atoms with van der Waals surface area (Å²) in [6.07, 6.45) is 3.20. The molecule has 2 aromatic rings. The number of piperidine rings is 1. The van der Waals surface area contributed by atoms with E-state index in [0.29, 0.717) is 54.3 Å². The first kappa shape index (κ1) is 29.1. The molecule has 0 saturated carbocycles. The Hall–Kier alpha value is -3.15. The fraction of sp³-hybridized carbons (Fsp3) is 0.346. The molecule has 2 amide bonds. The number of benzene rings is 1. The Morgan fingerprint density at radius 3 is 2.47 bits per heavy atom. The van der Waals surface area contributed by atoms with Gasteiger partial charge >= 0.3 is 6.03 Å². The zero-order valence-electron chi connectivity index (χ0n) is 20.4. The van der Waals surface area contributed by atoms with Crippen molar-refractivity contribution in [2.24, 2.45) is 0 Å². The number of pyridine rings is 1. The van der Waals surface area contributed by atoms with Gasteiger partial charge in [-0.2, -0.15) is 0 Å². The highest BCUT2D eigenvalue weighted by Gasteiger charge is 2.30.